The van der Waals surface area contributed by atoms with Gasteiger partial charge >= 0.3 is 0 Å². The van der Waals surface area contributed by atoms with Crippen LogP contribution < -0.4 is 15.5 Å². The standard InChI is InChI=1S/C25H29N9O2S/c1-33-10-12-34(13-11-33)24-28-23(27-21-15-19(31-32-21)20-3-2-14-36-20)29-25(30-24)37-18-8-6-17(7-9-18)26-22(35)16-4-5-16/h2-3,6,8-9,14-17H,4-5,7,10-13H2,1H3,(H,26,35)(H2,27,28,29,30,31,32). The predicted molar refractivity (Wildman–Crippen MR) is 141 cm³/mol. The SMILES string of the molecule is CN1CCN(c2nc(Nc3cc(-c4ccco4)[nH]n3)nc(SC3=CCC(NC(=O)C4CC4)C=C3)n2)CC1. The van der Waals surface area contributed by atoms with Crippen molar-refractivity contribution >= 4 is 35.4 Å². The molecule has 0 radical (unpaired) electrons. The van der Waals surface area contributed by atoms with Crippen LogP contribution in [0.15, 0.2) is 57.2 Å². The zero-order chi connectivity index (χ0) is 25.2. The number of hydrogen-bond acceptors (Lipinski definition) is 10. The van der Waals surface area contributed by atoms with Gasteiger partial charge in [-0.15, -0.1) is 0 Å². The Morgan fingerprint density at radius 1 is 1.19 bits per heavy atom. The largest absolute Gasteiger partial charge is 0.463 e. The molecule has 0 bridgehead atoms. The van der Waals surface area contributed by atoms with Crippen LogP contribution in [0, 0.1) is 5.92 Å². The zero-order valence-electron chi connectivity index (χ0n) is 20.6. The summed E-state index contributed by atoms with van der Waals surface area (Å²) >= 11 is 1.49. The molecule has 1 amide bonds. The molecule has 0 aromatic carbocycles. The van der Waals surface area contributed by atoms with Crippen LogP contribution in [0.1, 0.15) is 19.3 Å². The highest BCUT2D eigenvalue weighted by Crippen LogP contribution is 2.32. The number of carbonyl (C=O) groups excluding carboxylic acids is 1. The van der Waals surface area contributed by atoms with Gasteiger partial charge in [-0.3, -0.25) is 9.89 Å². The number of nitrogens with one attached hydrogen (secondary N) is 3. The summed E-state index contributed by atoms with van der Waals surface area (Å²) < 4.78 is 5.45. The molecule has 1 aliphatic heterocycles. The fraction of sp³-hybridized carbons (Fsp3) is 0.400. The van der Waals surface area contributed by atoms with Crippen LogP contribution in [-0.2, 0) is 4.79 Å². The van der Waals surface area contributed by atoms with E-state index in [2.05, 4.69) is 48.7 Å². The molecule has 11 nitrogen and oxygen atoms in total. The van der Waals surface area contributed by atoms with Gasteiger partial charge in [-0.05, 0) is 50.2 Å². The average Bonchev–Trinajstić information content (AvgIpc) is 3.41. The molecular formula is C25H29N9O2S. The summed E-state index contributed by atoms with van der Waals surface area (Å²) in [6.07, 6.45) is 10.6. The lowest BCUT2D eigenvalue weighted by atomic mass is 10.1. The highest BCUT2D eigenvalue weighted by atomic mass is 32.2. The van der Waals surface area contributed by atoms with Crippen LogP contribution in [-0.4, -0.2) is 75.2 Å². The number of amides is 1. The Kier molecular flexibility index (Phi) is 6.66. The van der Waals surface area contributed by atoms with Gasteiger partial charge in [0, 0.05) is 43.1 Å². The van der Waals surface area contributed by atoms with Gasteiger partial charge in [0.25, 0.3) is 0 Å². The molecule has 1 saturated heterocycles. The highest BCUT2D eigenvalue weighted by molar-refractivity contribution is 8.03. The lowest BCUT2D eigenvalue weighted by molar-refractivity contribution is -0.122. The van der Waals surface area contributed by atoms with Gasteiger partial charge in [0.1, 0.15) is 5.69 Å². The average molecular weight is 520 g/mol. The van der Waals surface area contributed by atoms with Crippen LogP contribution in [0.4, 0.5) is 17.7 Å². The topological polar surface area (TPSA) is 128 Å². The molecule has 192 valence electrons. The molecule has 4 heterocycles. The van der Waals surface area contributed by atoms with Crippen LogP contribution in [0.2, 0.25) is 0 Å². The molecule has 1 unspecified atom stereocenters. The fourth-order valence-electron chi connectivity index (χ4n) is 4.19. The first kappa shape index (κ1) is 23.7. The van der Waals surface area contributed by atoms with Crippen molar-refractivity contribution < 1.29 is 9.21 Å². The number of aromatic amines is 1. The smallest absolute Gasteiger partial charge is 0.234 e. The number of thioether (sulfide) groups is 1. The van der Waals surface area contributed by atoms with Crippen LogP contribution in [0.5, 0.6) is 0 Å². The summed E-state index contributed by atoms with van der Waals surface area (Å²) in [5.74, 6) is 2.74. The van der Waals surface area contributed by atoms with Crippen molar-refractivity contribution in [1.29, 1.82) is 0 Å². The number of carbonyl (C=O) groups is 1. The van der Waals surface area contributed by atoms with E-state index in [1.54, 1.807) is 6.26 Å². The molecule has 6 rings (SSSR count). The number of anilines is 3. The van der Waals surface area contributed by atoms with E-state index in [0.29, 0.717) is 28.6 Å². The second kappa shape index (κ2) is 10.4. The van der Waals surface area contributed by atoms with Gasteiger partial charge in [0.05, 0.1) is 12.3 Å². The monoisotopic (exact) mass is 519 g/mol. The van der Waals surface area contributed by atoms with Crippen LogP contribution in [0.25, 0.3) is 11.5 Å². The Morgan fingerprint density at radius 3 is 2.78 bits per heavy atom. The maximum Gasteiger partial charge on any atom is 0.234 e. The van der Waals surface area contributed by atoms with Crippen molar-refractivity contribution in [3.05, 3.63) is 47.6 Å². The molecule has 3 aromatic rings. The number of aromatic nitrogens is 5. The summed E-state index contributed by atoms with van der Waals surface area (Å²) in [6, 6.07) is 5.59. The number of likely N-dealkylation sites (N-methyl/N-ethyl adjacent to an activating group) is 1. The van der Waals surface area contributed by atoms with E-state index in [1.807, 2.05) is 30.4 Å². The Bertz CT molecular complexity index is 1310. The summed E-state index contributed by atoms with van der Waals surface area (Å²) in [4.78, 5) is 31.8. The molecule has 3 aliphatic rings. The van der Waals surface area contributed by atoms with Crippen LogP contribution >= 0.6 is 11.8 Å². The van der Waals surface area contributed by atoms with E-state index in [-0.39, 0.29) is 17.9 Å². The summed E-state index contributed by atoms with van der Waals surface area (Å²) in [5, 5.41) is 14.2. The Labute approximate surface area is 218 Å². The summed E-state index contributed by atoms with van der Waals surface area (Å²) in [6.45, 7) is 3.59. The number of hydrogen-bond donors (Lipinski definition) is 3. The van der Waals surface area contributed by atoms with E-state index in [0.717, 1.165) is 56.0 Å². The second-order valence-corrected chi connectivity index (χ2v) is 10.5. The first-order valence-electron chi connectivity index (χ1n) is 12.5. The third-order valence-corrected chi connectivity index (χ3v) is 7.45. The fourth-order valence-corrected chi connectivity index (χ4v) is 4.98. The molecule has 37 heavy (non-hydrogen) atoms. The maximum absolute atomic E-state index is 12.1. The number of H-pyrrole nitrogens is 1. The molecule has 1 saturated carbocycles. The first-order valence-corrected chi connectivity index (χ1v) is 13.3. The maximum atomic E-state index is 12.1. The molecular weight excluding hydrogens is 490 g/mol. The highest BCUT2D eigenvalue weighted by Gasteiger charge is 2.30. The number of rotatable bonds is 8. The molecule has 2 fully saturated rings. The Balaban J connectivity index is 1.19. The minimum Gasteiger partial charge on any atom is -0.463 e. The van der Waals surface area contributed by atoms with Crippen molar-refractivity contribution in [3.63, 3.8) is 0 Å². The van der Waals surface area contributed by atoms with E-state index in [9.17, 15) is 4.79 Å². The first-order chi connectivity index (χ1) is 18.1. The third-order valence-electron chi connectivity index (χ3n) is 6.54. The second-order valence-electron chi connectivity index (χ2n) is 9.49. The Hall–Kier alpha value is -3.64. The van der Waals surface area contributed by atoms with Gasteiger partial charge in [-0.1, -0.05) is 18.2 Å². The number of furan rings is 1. The zero-order valence-corrected chi connectivity index (χ0v) is 21.4. The normalized spacial score (nSPS) is 20.1. The van der Waals surface area contributed by atoms with E-state index < -0.39 is 0 Å². The molecule has 12 heteroatoms. The van der Waals surface area contributed by atoms with Crippen molar-refractivity contribution in [3.8, 4) is 11.5 Å². The minimum absolute atomic E-state index is 0.0389. The van der Waals surface area contributed by atoms with Crippen molar-refractivity contribution in [2.75, 3.05) is 43.4 Å². The number of nitrogens with zero attached hydrogens (tertiary/aromatic N) is 6. The van der Waals surface area contributed by atoms with Gasteiger partial charge < -0.3 is 24.9 Å². The van der Waals surface area contributed by atoms with Crippen LogP contribution in [0.3, 0.4) is 0 Å². The van der Waals surface area contributed by atoms with E-state index in [4.69, 9.17) is 14.4 Å². The van der Waals surface area contributed by atoms with Crippen molar-refractivity contribution in [1.82, 2.24) is 35.4 Å². The van der Waals surface area contributed by atoms with Crippen molar-refractivity contribution in [2.24, 2.45) is 5.92 Å². The quantitative estimate of drug-likeness (QED) is 0.408. The lowest BCUT2D eigenvalue weighted by Crippen LogP contribution is -2.45. The third kappa shape index (κ3) is 5.86. The lowest BCUT2D eigenvalue weighted by Gasteiger charge is -2.32. The van der Waals surface area contributed by atoms with Gasteiger partial charge in [-0.2, -0.15) is 20.1 Å². The minimum atomic E-state index is 0.0389. The number of allylic oxidation sites excluding steroid dienone is 1. The van der Waals surface area contributed by atoms with Crippen molar-refractivity contribution in [2.45, 2.75) is 30.5 Å². The predicted octanol–water partition coefficient (Wildman–Crippen LogP) is 3.18. The molecule has 2 aliphatic carbocycles. The van der Waals surface area contributed by atoms with E-state index >= 15 is 0 Å². The Morgan fingerprint density at radius 2 is 2.05 bits per heavy atom. The summed E-state index contributed by atoms with van der Waals surface area (Å²) in [5.41, 5.74) is 0.760. The van der Waals surface area contributed by atoms with Gasteiger partial charge in [-0.25, -0.2) is 0 Å². The molecule has 3 N–H and O–H groups in total. The van der Waals surface area contributed by atoms with E-state index in [1.165, 1.54) is 11.8 Å². The molecule has 3 aromatic heterocycles. The number of piperazine rings is 1. The molecule has 0 spiro atoms. The molecule has 1 atom stereocenters. The van der Waals surface area contributed by atoms with Gasteiger partial charge in [0.15, 0.2) is 16.7 Å². The summed E-state index contributed by atoms with van der Waals surface area (Å²) in [7, 11) is 2.12. The van der Waals surface area contributed by atoms with Gasteiger partial charge in [0.2, 0.25) is 17.8 Å².